The Labute approximate surface area is 76.4 Å². The van der Waals surface area contributed by atoms with Gasteiger partial charge >= 0.3 is 0 Å². The molecule has 1 atom stereocenters. The Kier molecular flexibility index (Phi) is 1.74. The van der Waals surface area contributed by atoms with Gasteiger partial charge in [0.15, 0.2) is 0 Å². The molecule has 0 radical (unpaired) electrons. The highest BCUT2D eigenvalue weighted by Gasteiger charge is 2.75. The lowest BCUT2D eigenvalue weighted by Gasteiger charge is -2.39. The van der Waals surface area contributed by atoms with E-state index in [4.69, 9.17) is 10.5 Å². The predicted octanol–water partition coefficient (Wildman–Crippen LogP) is 1.54. The molecular weight excluding hydrogens is 176 g/mol. The first-order chi connectivity index (χ1) is 5.91. The van der Waals surface area contributed by atoms with Gasteiger partial charge in [0.25, 0.3) is 5.92 Å². The van der Waals surface area contributed by atoms with E-state index in [1.54, 1.807) is 0 Å². The van der Waals surface area contributed by atoms with E-state index in [9.17, 15) is 8.78 Å². The summed E-state index contributed by atoms with van der Waals surface area (Å²) in [6.45, 7) is 2.98. The second kappa shape index (κ2) is 2.42. The van der Waals surface area contributed by atoms with Gasteiger partial charge in [0, 0.05) is 19.6 Å². The molecule has 2 fully saturated rings. The molecule has 1 saturated carbocycles. The largest absolute Gasteiger partial charge is 0.381 e. The van der Waals surface area contributed by atoms with Gasteiger partial charge < -0.3 is 10.5 Å². The highest BCUT2D eigenvalue weighted by atomic mass is 19.3. The van der Waals surface area contributed by atoms with Gasteiger partial charge in [-0.1, -0.05) is 6.92 Å². The van der Waals surface area contributed by atoms with Crippen molar-refractivity contribution in [2.45, 2.75) is 37.6 Å². The Morgan fingerprint density at radius 1 is 1.23 bits per heavy atom. The maximum atomic E-state index is 13.0. The molecule has 2 N–H and O–H groups in total. The minimum Gasteiger partial charge on any atom is -0.381 e. The monoisotopic (exact) mass is 191 g/mol. The SMILES string of the molecule is CC1(C2(N)CC2(F)F)CCOCC1. The summed E-state index contributed by atoms with van der Waals surface area (Å²) in [7, 11) is 0. The minimum atomic E-state index is -2.65. The van der Waals surface area contributed by atoms with Crippen LogP contribution in [0.3, 0.4) is 0 Å². The molecular formula is C9H15F2NO. The van der Waals surface area contributed by atoms with E-state index in [1.165, 1.54) is 0 Å². The fraction of sp³-hybridized carbons (Fsp3) is 1.00. The van der Waals surface area contributed by atoms with E-state index < -0.39 is 16.9 Å². The van der Waals surface area contributed by atoms with Gasteiger partial charge in [-0.3, -0.25) is 0 Å². The lowest BCUT2D eigenvalue weighted by Crippen LogP contribution is -2.49. The summed E-state index contributed by atoms with van der Waals surface area (Å²) >= 11 is 0. The van der Waals surface area contributed by atoms with Crippen molar-refractivity contribution in [3.8, 4) is 0 Å². The van der Waals surface area contributed by atoms with E-state index in [-0.39, 0.29) is 6.42 Å². The summed E-state index contributed by atoms with van der Waals surface area (Å²) in [5.41, 5.74) is 4.03. The maximum absolute atomic E-state index is 13.0. The van der Waals surface area contributed by atoms with Gasteiger partial charge in [-0.2, -0.15) is 0 Å². The van der Waals surface area contributed by atoms with Gasteiger partial charge in [0.05, 0.1) is 5.54 Å². The van der Waals surface area contributed by atoms with E-state index in [0.29, 0.717) is 26.1 Å². The van der Waals surface area contributed by atoms with Gasteiger partial charge in [-0.05, 0) is 18.3 Å². The van der Waals surface area contributed by atoms with Crippen LogP contribution >= 0.6 is 0 Å². The molecule has 13 heavy (non-hydrogen) atoms. The fourth-order valence-electron chi connectivity index (χ4n) is 2.23. The quantitative estimate of drug-likeness (QED) is 0.682. The molecule has 76 valence electrons. The normalized spacial score (nSPS) is 41.5. The van der Waals surface area contributed by atoms with Crippen LogP contribution in [0.25, 0.3) is 0 Å². The molecule has 2 rings (SSSR count). The summed E-state index contributed by atoms with van der Waals surface area (Å²) in [5, 5.41) is 0. The molecule has 2 nitrogen and oxygen atoms in total. The first-order valence-electron chi connectivity index (χ1n) is 4.66. The van der Waals surface area contributed by atoms with Gasteiger partial charge in [-0.15, -0.1) is 0 Å². The Morgan fingerprint density at radius 2 is 1.69 bits per heavy atom. The van der Waals surface area contributed by atoms with Crippen LogP contribution in [0.2, 0.25) is 0 Å². The Morgan fingerprint density at radius 3 is 2.08 bits per heavy atom. The van der Waals surface area contributed by atoms with Crippen molar-refractivity contribution in [2.75, 3.05) is 13.2 Å². The van der Waals surface area contributed by atoms with E-state index in [0.717, 1.165) is 0 Å². The van der Waals surface area contributed by atoms with Crippen LogP contribution in [0.15, 0.2) is 0 Å². The third-order valence-corrected chi connectivity index (χ3v) is 3.70. The Balaban J connectivity index is 2.15. The smallest absolute Gasteiger partial charge is 0.268 e. The number of alkyl halides is 2. The van der Waals surface area contributed by atoms with Crippen molar-refractivity contribution in [3.63, 3.8) is 0 Å². The van der Waals surface area contributed by atoms with E-state index in [1.807, 2.05) is 6.92 Å². The van der Waals surface area contributed by atoms with Crippen molar-refractivity contribution in [1.29, 1.82) is 0 Å². The summed E-state index contributed by atoms with van der Waals surface area (Å²) in [4.78, 5) is 0. The van der Waals surface area contributed by atoms with Crippen molar-refractivity contribution in [3.05, 3.63) is 0 Å². The molecule has 4 heteroatoms. The highest BCUT2D eigenvalue weighted by molar-refractivity contribution is 5.23. The summed E-state index contributed by atoms with van der Waals surface area (Å²) in [6, 6.07) is 0. The Hall–Kier alpha value is -0.220. The average Bonchev–Trinajstić information content (AvgIpc) is 2.55. The summed E-state index contributed by atoms with van der Waals surface area (Å²) in [5.74, 6) is -2.65. The third kappa shape index (κ3) is 1.12. The van der Waals surface area contributed by atoms with Crippen LogP contribution < -0.4 is 5.73 Å². The van der Waals surface area contributed by atoms with Crippen molar-refractivity contribution in [2.24, 2.45) is 11.1 Å². The maximum Gasteiger partial charge on any atom is 0.268 e. The lowest BCUT2D eigenvalue weighted by atomic mass is 9.73. The van der Waals surface area contributed by atoms with Crippen LogP contribution in [0.1, 0.15) is 26.2 Å². The first-order valence-corrected chi connectivity index (χ1v) is 4.66. The molecule has 1 heterocycles. The standard InChI is InChI=1S/C9H15F2NO/c1-7(2-4-13-5-3-7)8(12)6-9(8,10)11/h2-6,12H2,1H3. The molecule has 1 aliphatic heterocycles. The zero-order valence-corrected chi connectivity index (χ0v) is 7.78. The summed E-state index contributed by atoms with van der Waals surface area (Å²) in [6.07, 6.45) is 1.15. The molecule has 1 saturated heterocycles. The van der Waals surface area contributed by atoms with Crippen molar-refractivity contribution < 1.29 is 13.5 Å². The van der Waals surface area contributed by atoms with E-state index >= 15 is 0 Å². The minimum absolute atomic E-state index is 0.156. The molecule has 2 aliphatic rings. The van der Waals surface area contributed by atoms with Crippen molar-refractivity contribution in [1.82, 2.24) is 0 Å². The molecule has 0 aromatic rings. The zero-order chi connectivity index (χ0) is 9.74. The Bertz CT molecular complexity index is 226. The molecule has 0 aromatic carbocycles. The van der Waals surface area contributed by atoms with Crippen LogP contribution in [0.5, 0.6) is 0 Å². The lowest BCUT2D eigenvalue weighted by molar-refractivity contribution is -0.0283. The number of hydrogen-bond donors (Lipinski definition) is 1. The highest BCUT2D eigenvalue weighted by Crippen LogP contribution is 2.62. The number of halogens is 2. The van der Waals surface area contributed by atoms with Gasteiger partial charge in [0.1, 0.15) is 0 Å². The number of ether oxygens (including phenoxy) is 1. The van der Waals surface area contributed by atoms with E-state index in [2.05, 4.69) is 0 Å². The van der Waals surface area contributed by atoms with Crippen molar-refractivity contribution >= 4 is 0 Å². The zero-order valence-electron chi connectivity index (χ0n) is 7.78. The van der Waals surface area contributed by atoms with Gasteiger partial charge in [-0.25, -0.2) is 8.78 Å². The molecule has 0 spiro atoms. The van der Waals surface area contributed by atoms with Crippen LogP contribution in [0, 0.1) is 5.41 Å². The summed E-state index contributed by atoms with van der Waals surface area (Å²) < 4.78 is 31.2. The third-order valence-electron chi connectivity index (χ3n) is 3.70. The van der Waals surface area contributed by atoms with Crippen LogP contribution in [-0.4, -0.2) is 24.7 Å². The molecule has 1 aliphatic carbocycles. The molecule has 0 aromatic heterocycles. The number of nitrogens with two attached hydrogens (primary N) is 1. The topological polar surface area (TPSA) is 35.2 Å². The fourth-order valence-corrected chi connectivity index (χ4v) is 2.23. The molecule has 1 unspecified atom stereocenters. The van der Waals surface area contributed by atoms with Crippen LogP contribution in [0.4, 0.5) is 8.78 Å². The number of hydrogen-bond acceptors (Lipinski definition) is 2. The molecule has 0 amide bonds. The van der Waals surface area contributed by atoms with Crippen LogP contribution in [-0.2, 0) is 4.74 Å². The number of rotatable bonds is 1. The van der Waals surface area contributed by atoms with Gasteiger partial charge in [0.2, 0.25) is 0 Å². The first kappa shape index (κ1) is 9.34. The average molecular weight is 191 g/mol. The second-order valence-electron chi connectivity index (χ2n) is 4.53. The predicted molar refractivity (Wildman–Crippen MR) is 44.6 cm³/mol. The molecule has 0 bridgehead atoms. The second-order valence-corrected chi connectivity index (χ2v) is 4.53.